The molecule has 0 amide bonds. The Morgan fingerprint density at radius 3 is 2.07 bits per heavy atom. The number of aliphatic hydroxyl groups excluding tert-OH is 8. The smallest absolute Gasteiger partial charge is 0.337 e. The molecule has 4 aliphatic heterocycles. The molecule has 1 aliphatic carbocycles. The summed E-state index contributed by atoms with van der Waals surface area (Å²) in [5.74, 6) is -5.70. The highest BCUT2D eigenvalue weighted by molar-refractivity contribution is 5.89. The Morgan fingerprint density at radius 2 is 1.39 bits per heavy atom. The van der Waals surface area contributed by atoms with Gasteiger partial charge in [0, 0.05) is 12.0 Å². The molecule has 24 nitrogen and oxygen atoms in total. The highest BCUT2D eigenvalue weighted by Gasteiger charge is 2.57. The highest BCUT2D eigenvalue weighted by atomic mass is 16.8. The number of carbonyl (C=O) groups excluding carboxylic acids is 2. The van der Waals surface area contributed by atoms with Crippen LogP contribution in [0, 0.1) is 11.8 Å². The molecule has 0 radical (unpaired) electrons. The van der Waals surface area contributed by atoms with Crippen LogP contribution >= 0.6 is 0 Å². The molecule has 0 aromatic heterocycles. The van der Waals surface area contributed by atoms with Crippen LogP contribution in [0.15, 0.2) is 54.3 Å². The number of aromatic hydroxyl groups is 4. The Morgan fingerprint density at radius 1 is 0.739 bits per heavy atom. The summed E-state index contributed by atoms with van der Waals surface area (Å²) in [6.07, 6.45) is -23.1. The van der Waals surface area contributed by atoms with E-state index in [2.05, 4.69) is 0 Å². The van der Waals surface area contributed by atoms with Crippen molar-refractivity contribution in [1.29, 1.82) is 0 Å². The number of hydrogen-bond acceptors (Lipinski definition) is 24. The molecule has 2 aromatic carbocycles. The third-order valence-electron chi connectivity index (χ3n) is 13.0. The van der Waals surface area contributed by atoms with E-state index in [0.717, 1.165) is 18.4 Å². The highest BCUT2D eigenvalue weighted by Crippen LogP contribution is 2.50. The molecule has 3 saturated heterocycles. The zero-order valence-electron chi connectivity index (χ0n) is 37.1. The summed E-state index contributed by atoms with van der Waals surface area (Å²) < 4.78 is 52.4. The lowest BCUT2D eigenvalue weighted by Gasteiger charge is -2.46. The third kappa shape index (κ3) is 11.4. The van der Waals surface area contributed by atoms with Gasteiger partial charge in [0.05, 0.1) is 42.7 Å². The molecule has 0 unspecified atom stereocenters. The lowest BCUT2D eigenvalue weighted by atomic mass is 9.81. The fourth-order valence-electron chi connectivity index (χ4n) is 8.98. The normalized spacial score (nSPS) is 39.0. The van der Waals surface area contributed by atoms with Gasteiger partial charge in [0.2, 0.25) is 6.29 Å². The molecular formula is C45H58O24. The Kier molecular flexibility index (Phi) is 16.4. The first-order valence-corrected chi connectivity index (χ1v) is 22.1. The van der Waals surface area contributed by atoms with Crippen molar-refractivity contribution in [1.82, 2.24) is 0 Å². The minimum atomic E-state index is -1.93. The van der Waals surface area contributed by atoms with Crippen molar-refractivity contribution in [3.63, 3.8) is 0 Å². The molecule has 0 spiro atoms. The van der Waals surface area contributed by atoms with Crippen LogP contribution in [0.1, 0.15) is 37.8 Å². The molecule has 69 heavy (non-hydrogen) atoms. The Bertz CT molecular complexity index is 2160. The summed E-state index contributed by atoms with van der Waals surface area (Å²) >= 11 is 0. The quantitative estimate of drug-likeness (QED) is 0.0493. The van der Waals surface area contributed by atoms with Crippen molar-refractivity contribution < 1.29 is 119 Å². The fourth-order valence-corrected chi connectivity index (χ4v) is 8.98. The van der Waals surface area contributed by atoms with Crippen molar-refractivity contribution in [2.45, 2.75) is 137 Å². The molecule has 5 aliphatic rings. The number of phenols is 4. The maximum absolute atomic E-state index is 14.1. The Labute approximate surface area is 393 Å². The van der Waals surface area contributed by atoms with Gasteiger partial charge in [0.15, 0.2) is 48.0 Å². The van der Waals surface area contributed by atoms with Crippen LogP contribution in [0.4, 0.5) is 0 Å². The van der Waals surface area contributed by atoms with E-state index in [1.165, 1.54) is 50.3 Å². The minimum Gasteiger partial charge on any atom is -0.504 e. The summed E-state index contributed by atoms with van der Waals surface area (Å²) in [6.45, 7) is 1.09. The first-order valence-electron chi connectivity index (χ1n) is 22.1. The minimum absolute atomic E-state index is 0.0786. The van der Waals surface area contributed by atoms with E-state index < -0.39 is 158 Å². The van der Waals surface area contributed by atoms with Gasteiger partial charge < -0.3 is 109 Å². The van der Waals surface area contributed by atoms with Crippen molar-refractivity contribution >= 4 is 18.0 Å². The topological polar surface area (TPSA) is 380 Å². The van der Waals surface area contributed by atoms with Crippen LogP contribution in [0.5, 0.6) is 23.0 Å². The van der Waals surface area contributed by atoms with E-state index >= 15 is 0 Å². The molecule has 13 N–H and O–H groups in total. The lowest BCUT2D eigenvalue weighted by molar-refractivity contribution is -0.357. The van der Waals surface area contributed by atoms with Gasteiger partial charge >= 0.3 is 11.9 Å². The van der Waals surface area contributed by atoms with E-state index in [0.29, 0.717) is 5.56 Å². The van der Waals surface area contributed by atoms with Gasteiger partial charge in [-0.05, 0) is 74.6 Å². The zero-order valence-corrected chi connectivity index (χ0v) is 37.1. The molecular weight excluding hydrogens is 924 g/mol. The van der Waals surface area contributed by atoms with Crippen molar-refractivity contribution in [3.05, 3.63) is 65.4 Å². The number of carbonyl (C=O) groups is 2. The van der Waals surface area contributed by atoms with Gasteiger partial charge in [-0.2, -0.15) is 0 Å². The van der Waals surface area contributed by atoms with Crippen molar-refractivity contribution in [3.8, 4) is 23.0 Å². The largest absolute Gasteiger partial charge is 0.504 e. The van der Waals surface area contributed by atoms with Gasteiger partial charge in [0.1, 0.15) is 67.6 Å². The number of ether oxygens (including phenoxy) is 9. The summed E-state index contributed by atoms with van der Waals surface area (Å²) in [5, 5.41) is 136. The molecule has 0 bridgehead atoms. The number of aliphatic hydroxyl groups is 9. The molecule has 382 valence electrons. The average Bonchev–Trinajstić information content (AvgIpc) is 3.65. The number of hydrogen-bond donors (Lipinski definition) is 13. The van der Waals surface area contributed by atoms with Crippen LogP contribution in [0.2, 0.25) is 0 Å². The molecule has 4 fully saturated rings. The van der Waals surface area contributed by atoms with Crippen LogP contribution in [-0.4, -0.2) is 202 Å². The first kappa shape index (κ1) is 52.1. The first-order chi connectivity index (χ1) is 32.7. The Hall–Kier alpha value is -4.74. The van der Waals surface area contributed by atoms with Gasteiger partial charge in [-0.15, -0.1) is 0 Å². The second-order valence-corrected chi connectivity index (χ2v) is 17.8. The van der Waals surface area contributed by atoms with E-state index in [4.69, 9.17) is 42.6 Å². The molecule has 24 heteroatoms. The number of fused-ring (bicyclic) bond motifs is 1. The third-order valence-corrected chi connectivity index (χ3v) is 13.0. The van der Waals surface area contributed by atoms with Crippen molar-refractivity contribution in [2.75, 3.05) is 19.8 Å². The van der Waals surface area contributed by atoms with Gasteiger partial charge in [-0.25, -0.2) is 9.59 Å². The van der Waals surface area contributed by atoms with E-state index in [1.807, 2.05) is 0 Å². The van der Waals surface area contributed by atoms with Gasteiger partial charge in [-0.1, -0.05) is 12.1 Å². The number of phenolic OH excluding ortho intramolecular Hbond substituents is 4. The van der Waals surface area contributed by atoms with Crippen LogP contribution in [-0.2, 0) is 58.6 Å². The molecule has 7 rings (SSSR count). The molecule has 19 atom stereocenters. The monoisotopic (exact) mass is 982 g/mol. The standard InChI is InChI=1S/C45H58O24/c1-18-31(52)33(54)35(56)43(64-18)68-39-37(58)42(61-12-10-20-4-7-24(48)26(50)14-20)66-28(38(39)67-29(51)8-5-19-3-6-23(47)25(49)13-19)17-62-40(59)22-16-63-41(30-21(22)9-11-45(30,2)60)69-44-36(57)34(55)32(53)27(15-46)65-44/h3-8,13-14,16,18,21,27-28,30-39,41-44,46-50,52-58,60H,9-12,15,17H2,1-2H3/b8-5+/t18-,21+,27+,28+,30+,31-,32+,33+,34-,35+,36+,37+,38+,39+,41-,42+,43-,44-,45-/m0/s1. The SMILES string of the molecule is C[C@@H]1O[C@@H](O[C@@H]2[C@@H](O)[C@H](OCCc3ccc(O)c(O)c3)O[C@H](COC(=O)C3=CO[C@@H](O[C@@H]4O[C@H](CO)[C@@H](O)[C@H](O)[C@H]4O)[C@H]4[C@@H]3CC[C@]4(C)O)[C@H]2OC(=O)/C=C/c2ccc(O)c(O)c2)[C@H](O)[C@H](O)[C@H]1O. The Balaban J connectivity index is 1.15. The predicted molar refractivity (Wildman–Crippen MR) is 226 cm³/mol. The van der Waals surface area contributed by atoms with Crippen LogP contribution < -0.4 is 0 Å². The summed E-state index contributed by atoms with van der Waals surface area (Å²) in [7, 11) is 0. The van der Waals surface area contributed by atoms with Crippen LogP contribution in [0.3, 0.4) is 0 Å². The van der Waals surface area contributed by atoms with Crippen molar-refractivity contribution in [2.24, 2.45) is 11.8 Å². The average molecular weight is 983 g/mol. The van der Waals surface area contributed by atoms with Gasteiger partial charge in [0.25, 0.3) is 0 Å². The fraction of sp³-hybridized carbons (Fsp3) is 0.600. The predicted octanol–water partition coefficient (Wildman–Crippen LogP) is -2.63. The van der Waals surface area contributed by atoms with Crippen LogP contribution in [0.25, 0.3) is 6.08 Å². The number of rotatable bonds is 15. The lowest BCUT2D eigenvalue weighted by Crippen LogP contribution is -2.65. The zero-order chi connectivity index (χ0) is 50.1. The number of esters is 2. The summed E-state index contributed by atoms with van der Waals surface area (Å²) in [6, 6.07) is 7.70. The van der Waals surface area contributed by atoms with Gasteiger partial charge in [-0.3, -0.25) is 0 Å². The van der Waals surface area contributed by atoms with E-state index in [9.17, 15) is 76.0 Å². The summed E-state index contributed by atoms with van der Waals surface area (Å²) in [4.78, 5) is 27.7. The maximum atomic E-state index is 14.1. The van der Waals surface area contributed by atoms with E-state index in [-0.39, 0.29) is 42.8 Å². The number of benzene rings is 2. The second kappa shape index (κ2) is 21.7. The second-order valence-electron chi connectivity index (χ2n) is 17.8. The summed E-state index contributed by atoms with van der Waals surface area (Å²) in [5.41, 5.74) is -0.931. The maximum Gasteiger partial charge on any atom is 0.337 e. The molecule has 1 saturated carbocycles. The molecule has 2 aromatic rings. The molecule has 4 heterocycles. The van der Waals surface area contributed by atoms with E-state index in [1.54, 1.807) is 0 Å².